The van der Waals surface area contributed by atoms with E-state index in [-0.39, 0.29) is 17.4 Å². The number of carbonyl (C=O) groups is 1. The van der Waals surface area contributed by atoms with Gasteiger partial charge >= 0.3 is 0 Å². The molecule has 26 heavy (non-hydrogen) atoms. The molecule has 3 nitrogen and oxygen atoms in total. The zero-order valence-corrected chi connectivity index (χ0v) is 16.0. The van der Waals surface area contributed by atoms with Crippen LogP contribution >= 0.6 is 0 Å². The van der Waals surface area contributed by atoms with Crippen molar-refractivity contribution in [1.82, 2.24) is 10.2 Å². The maximum atomic E-state index is 11.7. The molecule has 140 valence electrons. The minimum Gasteiger partial charge on any atom is -0.349 e. The summed E-state index contributed by atoms with van der Waals surface area (Å²) >= 11 is 0. The van der Waals surface area contributed by atoms with Gasteiger partial charge < -0.3 is 10.2 Å². The third-order valence-corrected chi connectivity index (χ3v) is 8.01. The van der Waals surface area contributed by atoms with Crippen molar-refractivity contribution in [2.24, 2.45) is 11.8 Å². The first-order chi connectivity index (χ1) is 12.6. The van der Waals surface area contributed by atoms with Gasteiger partial charge in [-0.1, -0.05) is 37.1 Å². The van der Waals surface area contributed by atoms with Crippen molar-refractivity contribution in [3.8, 4) is 0 Å². The number of fused-ring (bicyclic) bond motifs is 4. The molecule has 1 heterocycles. The Morgan fingerprint density at radius 1 is 1.08 bits per heavy atom. The summed E-state index contributed by atoms with van der Waals surface area (Å²) in [6, 6.07) is 9.92. The molecule has 2 saturated carbocycles. The summed E-state index contributed by atoms with van der Waals surface area (Å²) in [7, 11) is 0. The lowest BCUT2D eigenvalue weighted by molar-refractivity contribution is -0.119. The second kappa shape index (κ2) is 6.37. The van der Waals surface area contributed by atoms with Crippen molar-refractivity contribution >= 4 is 5.91 Å². The van der Waals surface area contributed by atoms with Gasteiger partial charge in [-0.3, -0.25) is 4.79 Å². The van der Waals surface area contributed by atoms with Gasteiger partial charge in [0.05, 0.1) is 6.04 Å². The van der Waals surface area contributed by atoms with Gasteiger partial charge in [0.1, 0.15) is 0 Å². The first kappa shape index (κ1) is 16.8. The van der Waals surface area contributed by atoms with Crippen LogP contribution in [0.3, 0.4) is 0 Å². The van der Waals surface area contributed by atoms with Crippen LogP contribution in [-0.2, 0) is 10.2 Å². The summed E-state index contributed by atoms with van der Waals surface area (Å²) < 4.78 is 0. The number of benzene rings is 1. The Balaban J connectivity index is 1.32. The number of amides is 1. The number of piperidine rings is 1. The molecule has 1 aromatic carbocycles. The highest BCUT2D eigenvalue weighted by Gasteiger charge is 2.47. The summed E-state index contributed by atoms with van der Waals surface area (Å²) in [4.78, 5) is 14.5. The Bertz CT molecular complexity index is 679. The third-order valence-electron chi connectivity index (χ3n) is 8.01. The second-order valence-corrected chi connectivity index (χ2v) is 9.53. The molecule has 0 radical (unpaired) electrons. The van der Waals surface area contributed by atoms with Crippen LogP contribution in [0.5, 0.6) is 0 Å². The van der Waals surface area contributed by atoms with Crippen molar-refractivity contribution in [3.05, 3.63) is 35.4 Å². The van der Waals surface area contributed by atoms with E-state index in [1.165, 1.54) is 69.2 Å². The SMILES string of the molecule is CC(=O)N[C@H]1CC2(CCN(C3CC4CCC(C4)C3)CC2)c2ccccc21. The number of carbonyl (C=O) groups excluding carboxylic acids is 1. The number of hydrogen-bond acceptors (Lipinski definition) is 2. The lowest BCUT2D eigenvalue weighted by Crippen LogP contribution is -2.48. The first-order valence-electron chi connectivity index (χ1n) is 10.7. The van der Waals surface area contributed by atoms with Gasteiger partial charge in [-0.15, -0.1) is 0 Å². The maximum absolute atomic E-state index is 11.7. The van der Waals surface area contributed by atoms with Gasteiger partial charge in [-0.25, -0.2) is 0 Å². The molecule has 1 spiro atoms. The van der Waals surface area contributed by atoms with E-state index in [0.29, 0.717) is 0 Å². The predicted molar refractivity (Wildman–Crippen MR) is 104 cm³/mol. The summed E-state index contributed by atoms with van der Waals surface area (Å²) in [6.07, 6.45) is 11.0. The fraction of sp³-hybridized carbons (Fsp3) is 0.696. The third kappa shape index (κ3) is 2.79. The van der Waals surface area contributed by atoms with E-state index in [4.69, 9.17) is 0 Å². The van der Waals surface area contributed by atoms with Crippen LogP contribution in [0, 0.1) is 11.8 Å². The molecular weight excluding hydrogens is 320 g/mol. The molecular formula is C23H32N2O. The molecule has 0 aromatic heterocycles. The number of rotatable bonds is 2. The first-order valence-corrected chi connectivity index (χ1v) is 10.7. The average molecular weight is 353 g/mol. The quantitative estimate of drug-likeness (QED) is 0.866. The van der Waals surface area contributed by atoms with Gasteiger partial charge in [0.15, 0.2) is 0 Å². The van der Waals surface area contributed by atoms with Crippen molar-refractivity contribution < 1.29 is 4.79 Å². The normalized spacial score (nSPS) is 35.4. The van der Waals surface area contributed by atoms with Gasteiger partial charge in [-0.2, -0.15) is 0 Å². The van der Waals surface area contributed by atoms with E-state index in [2.05, 4.69) is 34.5 Å². The fourth-order valence-corrected chi connectivity index (χ4v) is 6.83. The molecule has 1 aliphatic heterocycles. The van der Waals surface area contributed by atoms with Gasteiger partial charge in [0.25, 0.3) is 0 Å². The van der Waals surface area contributed by atoms with Crippen molar-refractivity contribution in [2.75, 3.05) is 13.1 Å². The Labute approximate surface area is 157 Å². The van der Waals surface area contributed by atoms with Gasteiger partial charge in [0.2, 0.25) is 5.91 Å². The highest BCUT2D eigenvalue weighted by molar-refractivity contribution is 5.73. The minimum atomic E-state index is 0.0944. The van der Waals surface area contributed by atoms with E-state index in [0.717, 1.165) is 24.3 Å². The van der Waals surface area contributed by atoms with Crippen LogP contribution in [0.4, 0.5) is 0 Å². The molecule has 4 aliphatic rings. The number of hydrogen-bond donors (Lipinski definition) is 1. The van der Waals surface area contributed by atoms with Crippen molar-refractivity contribution in [2.45, 2.75) is 75.8 Å². The summed E-state index contributed by atoms with van der Waals surface area (Å²) in [5.74, 6) is 2.13. The molecule has 3 heteroatoms. The molecule has 2 unspecified atom stereocenters. The molecule has 1 N–H and O–H groups in total. The summed E-state index contributed by atoms with van der Waals surface area (Å²) in [5, 5.41) is 3.21. The van der Waals surface area contributed by atoms with Crippen molar-refractivity contribution in [3.63, 3.8) is 0 Å². The predicted octanol–water partition coefficient (Wildman–Crippen LogP) is 4.18. The van der Waals surface area contributed by atoms with Crippen LogP contribution in [0.25, 0.3) is 0 Å². The maximum Gasteiger partial charge on any atom is 0.217 e. The monoisotopic (exact) mass is 352 g/mol. The van der Waals surface area contributed by atoms with Crippen LogP contribution in [0.2, 0.25) is 0 Å². The van der Waals surface area contributed by atoms with Crippen LogP contribution in [0.15, 0.2) is 24.3 Å². The standard InChI is InChI=1S/C23H32N2O/c1-16(26)24-22-15-23(21-5-3-2-4-20(21)22)8-10-25(11-9-23)19-13-17-6-7-18(12-17)14-19/h2-5,17-19,22H,6-15H2,1H3,(H,24,26)/t17?,18?,19?,22-/m0/s1. The highest BCUT2D eigenvalue weighted by Crippen LogP contribution is 2.52. The molecule has 1 saturated heterocycles. The molecule has 1 aromatic rings. The topological polar surface area (TPSA) is 32.3 Å². The molecule has 3 aliphatic carbocycles. The Morgan fingerprint density at radius 2 is 1.77 bits per heavy atom. The lowest BCUT2D eigenvalue weighted by atomic mass is 9.72. The molecule has 2 bridgehead atoms. The zero-order valence-electron chi connectivity index (χ0n) is 16.0. The molecule has 3 atom stereocenters. The van der Waals surface area contributed by atoms with Crippen LogP contribution in [-0.4, -0.2) is 29.9 Å². The Morgan fingerprint density at radius 3 is 2.46 bits per heavy atom. The summed E-state index contributed by atoms with van der Waals surface area (Å²) in [6.45, 7) is 4.13. The minimum absolute atomic E-state index is 0.0944. The molecule has 3 fully saturated rings. The Hall–Kier alpha value is -1.35. The number of likely N-dealkylation sites (tertiary alicyclic amines) is 1. The average Bonchev–Trinajstić information content (AvgIpc) is 3.13. The van der Waals surface area contributed by atoms with E-state index in [9.17, 15) is 4.79 Å². The summed E-state index contributed by atoms with van der Waals surface area (Å²) in [5.41, 5.74) is 3.17. The van der Waals surface area contributed by atoms with Crippen molar-refractivity contribution in [1.29, 1.82) is 0 Å². The van der Waals surface area contributed by atoms with Crippen LogP contribution in [0.1, 0.15) is 75.5 Å². The van der Waals surface area contributed by atoms with Gasteiger partial charge in [0, 0.05) is 18.4 Å². The highest BCUT2D eigenvalue weighted by atomic mass is 16.1. The van der Waals surface area contributed by atoms with E-state index < -0.39 is 0 Å². The lowest BCUT2D eigenvalue weighted by Gasteiger charge is -2.45. The van der Waals surface area contributed by atoms with E-state index in [1.807, 2.05) is 0 Å². The fourth-order valence-electron chi connectivity index (χ4n) is 6.83. The van der Waals surface area contributed by atoms with Crippen LogP contribution < -0.4 is 5.32 Å². The number of nitrogens with one attached hydrogen (secondary N) is 1. The largest absolute Gasteiger partial charge is 0.349 e. The smallest absolute Gasteiger partial charge is 0.217 e. The molecule has 1 amide bonds. The zero-order chi connectivity index (χ0) is 17.7. The molecule has 5 rings (SSSR count). The van der Waals surface area contributed by atoms with E-state index in [1.54, 1.807) is 6.92 Å². The Kier molecular flexibility index (Phi) is 4.11. The van der Waals surface area contributed by atoms with E-state index >= 15 is 0 Å². The van der Waals surface area contributed by atoms with Gasteiger partial charge in [-0.05, 0) is 74.6 Å². The second-order valence-electron chi connectivity index (χ2n) is 9.53. The number of nitrogens with zero attached hydrogens (tertiary/aromatic N) is 1.